The minimum absolute atomic E-state index is 0.243. The minimum atomic E-state index is -2.50. The smallest absolute Gasteiger partial charge is 0.245 e. The molecule has 0 unspecified atom stereocenters. The molecule has 0 aliphatic carbocycles. The van der Waals surface area contributed by atoms with E-state index >= 15 is 0 Å². The summed E-state index contributed by atoms with van der Waals surface area (Å²) in [7, 11) is -7.43. The van der Waals surface area contributed by atoms with E-state index < -0.39 is 32.6 Å². The van der Waals surface area contributed by atoms with Crippen LogP contribution in [0, 0.1) is 0 Å². The van der Waals surface area contributed by atoms with Crippen LogP contribution >= 0.6 is 24.4 Å². The van der Waals surface area contributed by atoms with Gasteiger partial charge in [0.15, 0.2) is 0 Å². The SMILES string of the molecule is CCCC[Si](N=C=S)(N=C=S)C([Si](C)(C)C)([Si](C)(C)C)[Si](C)(C)C. The van der Waals surface area contributed by atoms with Gasteiger partial charge in [-0.2, -0.15) is 0 Å². The summed E-state index contributed by atoms with van der Waals surface area (Å²) in [4.78, 5) is 0. The van der Waals surface area contributed by atoms with Gasteiger partial charge in [0, 0.05) is 24.2 Å². The van der Waals surface area contributed by atoms with Gasteiger partial charge in [0.05, 0.1) is 10.3 Å². The maximum absolute atomic E-state index is 5.14. The molecule has 0 aromatic rings. The Bertz CT molecular complexity index is 478. The molecule has 0 N–H and O–H groups in total. The zero-order chi connectivity index (χ0) is 19.4. The van der Waals surface area contributed by atoms with E-state index in [9.17, 15) is 0 Å². The van der Waals surface area contributed by atoms with Crippen LogP contribution in [0.4, 0.5) is 0 Å². The van der Waals surface area contributed by atoms with Gasteiger partial charge in [-0.3, -0.25) is 0 Å². The molecule has 0 saturated heterocycles. The Morgan fingerprint density at radius 1 is 0.750 bits per heavy atom. The van der Waals surface area contributed by atoms with Crippen molar-refractivity contribution in [2.45, 2.75) is 88.6 Å². The third-order valence-electron chi connectivity index (χ3n) is 5.32. The van der Waals surface area contributed by atoms with E-state index in [2.05, 4.69) is 76.2 Å². The maximum atomic E-state index is 5.14. The van der Waals surface area contributed by atoms with E-state index in [4.69, 9.17) is 33.8 Å². The fourth-order valence-electron chi connectivity index (χ4n) is 6.24. The van der Waals surface area contributed by atoms with Gasteiger partial charge in [0.2, 0.25) is 0 Å². The summed E-state index contributed by atoms with van der Waals surface area (Å²) in [6.45, 7) is 24.9. The molecule has 0 aromatic carbocycles. The third kappa shape index (κ3) is 4.23. The monoisotopic (exact) mass is 432 g/mol. The molecule has 0 atom stereocenters. The molecule has 138 valence electrons. The Labute approximate surface area is 164 Å². The second kappa shape index (κ2) is 8.44. The Balaban J connectivity index is 7.30. The predicted octanol–water partition coefficient (Wildman–Crippen LogP) is 6.81. The van der Waals surface area contributed by atoms with Crippen molar-refractivity contribution in [2.75, 3.05) is 0 Å². The second-order valence-corrected chi connectivity index (χ2v) is 32.3. The summed E-state index contributed by atoms with van der Waals surface area (Å²) in [5.74, 6) is 0. The van der Waals surface area contributed by atoms with Crippen molar-refractivity contribution in [3.8, 4) is 0 Å². The standard InChI is InChI=1S/C16H36N2S2Si4/c1-11-12-13-24(17-14-19,18-15-20)16(21(2,3)4,22(5,6)7)23(8,9)10/h11-13H2,1-10H3. The van der Waals surface area contributed by atoms with E-state index in [1.54, 1.807) is 0 Å². The normalized spacial score (nSPS) is 15.9. The quantitative estimate of drug-likeness (QED) is 0.227. The van der Waals surface area contributed by atoms with Crippen LogP contribution in [0.3, 0.4) is 0 Å². The zero-order valence-corrected chi connectivity index (χ0v) is 23.0. The van der Waals surface area contributed by atoms with E-state index in [1.807, 2.05) is 0 Å². The lowest BCUT2D eigenvalue weighted by Crippen LogP contribution is -2.76. The second-order valence-electron chi connectivity index (χ2n) is 9.83. The van der Waals surface area contributed by atoms with Crippen LogP contribution in [0.2, 0.25) is 68.9 Å². The number of unbranched alkanes of at least 4 members (excludes halogenated alkanes) is 1. The number of thiocarbonyl (C=S) groups is 2. The molecule has 0 spiro atoms. The van der Waals surface area contributed by atoms with Crippen molar-refractivity contribution in [3.05, 3.63) is 0 Å². The topological polar surface area (TPSA) is 24.7 Å². The summed E-state index contributed by atoms with van der Waals surface area (Å²) < 4.78 is 10.2. The molecular weight excluding hydrogens is 397 g/mol. The minimum Gasteiger partial charge on any atom is -0.245 e. The van der Waals surface area contributed by atoms with Crippen molar-refractivity contribution in [1.29, 1.82) is 0 Å². The number of hydrogen-bond acceptors (Lipinski definition) is 4. The molecule has 0 saturated carbocycles. The highest BCUT2D eigenvalue weighted by atomic mass is 32.1. The number of nitrogens with zero attached hydrogens (tertiary/aromatic N) is 2. The van der Waals surface area contributed by atoms with E-state index in [0.717, 1.165) is 18.9 Å². The van der Waals surface area contributed by atoms with Gasteiger partial charge in [0.1, 0.15) is 0 Å². The van der Waals surface area contributed by atoms with Gasteiger partial charge in [-0.1, -0.05) is 78.7 Å². The lowest BCUT2D eigenvalue weighted by molar-refractivity contribution is 0.852. The molecule has 8 heteroatoms. The highest BCUT2D eigenvalue weighted by Crippen LogP contribution is 2.61. The van der Waals surface area contributed by atoms with Gasteiger partial charge in [0.25, 0.3) is 0 Å². The summed E-state index contributed by atoms with van der Waals surface area (Å²) in [5.41, 5.74) is 0. The Kier molecular flexibility index (Phi) is 8.60. The summed E-state index contributed by atoms with van der Waals surface area (Å²) in [6.07, 6.45) is 2.28. The molecule has 0 fully saturated rings. The number of rotatable bonds is 9. The predicted molar refractivity (Wildman–Crippen MR) is 128 cm³/mol. The zero-order valence-electron chi connectivity index (χ0n) is 17.3. The lowest BCUT2D eigenvalue weighted by atomic mass is 10.4. The first-order chi connectivity index (χ1) is 10.7. The molecule has 0 heterocycles. The summed E-state index contributed by atoms with van der Waals surface area (Å²) >= 11 is 10.3. The average Bonchev–Trinajstić information content (AvgIpc) is 2.31. The van der Waals surface area contributed by atoms with Crippen LogP contribution in [-0.2, 0) is 0 Å². The van der Waals surface area contributed by atoms with Gasteiger partial charge < -0.3 is 0 Å². The van der Waals surface area contributed by atoms with Gasteiger partial charge >= 0.3 is 8.40 Å². The van der Waals surface area contributed by atoms with Gasteiger partial charge in [-0.15, -0.1) is 0 Å². The molecule has 0 bridgehead atoms. The third-order valence-corrected chi connectivity index (χ3v) is 39.6. The molecule has 0 radical (unpaired) electrons. The van der Waals surface area contributed by atoms with Crippen LogP contribution in [0.15, 0.2) is 9.32 Å². The van der Waals surface area contributed by atoms with Crippen molar-refractivity contribution >= 4 is 67.4 Å². The molecule has 0 aliphatic heterocycles. The Morgan fingerprint density at radius 3 is 1.29 bits per heavy atom. The van der Waals surface area contributed by atoms with Crippen LogP contribution < -0.4 is 0 Å². The molecule has 0 amide bonds. The number of hydrogen-bond donors (Lipinski definition) is 0. The van der Waals surface area contributed by atoms with Crippen LogP contribution in [-0.4, -0.2) is 42.9 Å². The summed E-state index contributed by atoms with van der Waals surface area (Å²) in [6, 6.07) is 1.04. The Morgan fingerprint density at radius 2 is 1.08 bits per heavy atom. The maximum Gasteiger partial charge on any atom is 0.323 e. The van der Waals surface area contributed by atoms with Crippen LogP contribution in [0.1, 0.15) is 19.8 Å². The fraction of sp³-hybridized carbons (Fsp3) is 0.875. The molecular formula is C16H36N2S2Si4. The van der Waals surface area contributed by atoms with E-state index in [0.29, 0.717) is 0 Å². The van der Waals surface area contributed by atoms with Crippen molar-refractivity contribution in [1.82, 2.24) is 0 Å². The highest BCUT2D eigenvalue weighted by Gasteiger charge is 2.72. The van der Waals surface area contributed by atoms with Crippen molar-refractivity contribution in [2.24, 2.45) is 9.32 Å². The molecule has 0 rings (SSSR count). The van der Waals surface area contributed by atoms with Crippen molar-refractivity contribution in [3.63, 3.8) is 0 Å². The highest BCUT2D eigenvalue weighted by molar-refractivity contribution is 7.78. The Hall–Kier alpha value is 0.468. The lowest BCUT2D eigenvalue weighted by Gasteiger charge is -2.63. The van der Waals surface area contributed by atoms with E-state index in [-0.39, 0.29) is 3.91 Å². The van der Waals surface area contributed by atoms with Gasteiger partial charge in [-0.05, 0) is 34.4 Å². The largest absolute Gasteiger partial charge is 0.323 e. The molecule has 0 aromatic heterocycles. The van der Waals surface area contributed by atoms with Crippen LogP contribution in [0.25, 0.3) is 0 Å². The van der Waals surface area contributed by atoms with Crippen LogP contribution in [0.5, 0.6) is 0 Å². The van der Waals surface area contributed by atoms with Gasteiger partial charge in [-0.25, -0.2) is 9.32 Å². The average molecular weight is 433 g/mol. The first kappa shape index (κ1) is 24.5. The fourth-order valence-corrected chi connectivity index (χ4v) is 52.8. The van der Waals surface area contributed by atoms with E-state index in [1.165, 1.54) is 0 Å². The molecule has 24 heavy (non-hydrogen) atoms. The first-order valence-electron chi connectivity index (χ1n) is 8.86. The molecule has 2 nitrogen and oxygen atoms in total. The number of isothiocyanates is 2. The van der Waals surface area contributed by atoms with Crippen molar-refractivity contribution < 1.29 is 0 Å². The summed E-state index contributed by atoms with van der Waals surface area (Å²) in [5, 5.41) is 5.56. The molecule has 0 aliphatic rings. The first-order valence-corrected chi connectivity index (χ1v) is 22.3.